The Hall–Kier alpha value is -3.52. The predicted molar refractivity (Wildman–Crippen MR) is 211 cm³/mol. The van der Waals surface area contributed by atoms with Crippen molar-refractivity contribution in [1.29, 1.82) is 0 Å². The Balaban J connectivity index is 0.941. The molecule has 258 valence electrons. The van der Waals surface area contributed by atoms with Crippen molar-refractivity contribution in [3.05, 3.63) is 129 Å². The van der Waals surface area contributed by atoms with Crippen LogP contribution in [0.5, 0.6) is 0 Å². The highest BCUT2D eigenvalue weighted by Gasteiger charge is 2.12. The van der Waals surface area contributed by atoms with Gasteiger partial charge < -0.3 is 11.5 Å². The van der Waals surface area contributed by atoms with Crippen LogP contribution in [-0.2, 0) is 12.8 Å². The van der Waals surface area contributed by atoms with Crippen LogP contribution in [0.3, 0.4) is 0 Å². The Labute approximate surface area is 293 Å². The highest BCUT2D eigenvalue weighted by molar-refractivity contribution is 5.48. The molecule has 0 aliphatic carbocycles. The van der Waals surface area contributed by atoms with E-state index in [2.05, 4.69) is 100 Å². The second-order valence-electron chi connectivity index (χ2n) is 14.6. The Bertz CT molecular complexity index is 1370. The Morgan fingerprint density at radius 2 is 0.688 bits per heavy atom. The third-order valence-corrected chi connectivity index (χ3v) is 10.7. The minimum Gasteiger partial charge on any atom is -0.399 e. The molecule has 0 amide bonds. The Morgan fingerprint density at radius 3 is 0.979 bits per heavy atom. The fourth-order valence-electron chi connectivity index (χ4n) is 7.45. The minimum atomic E-state index is 0.395. The molecule has 4 aromatic carbocycles. The van der Waals surface area contributed by atoms with E-state index in [0.717, 1.165) is 11.4 Å². The molecule has 0 bridgehead atoms. The van der Waals surface area contributed by atoms with Gasteiger partial charge in [0.25, 0.3) is 0 Å². The molecule has 2 nitrogen and oxygen atoms in total. The van der Waals surface area contributed by atoms with E-state index in [1.54, 1.807) is 0 Å². The van der Waals surface area contributed by atoms with E-state index in [-0.39, 0.29) is 0 Å². The van der Waals surface area contributed by atoms with E-state index < -0.39 is 0 Å². The van der Waals surface area contributed by atoms with Gasteiger partial charge in [0.15, 0.2) is 0 Å². The lowest BCUT2D eigenvalue weighted by atomic mass is 9.89. The molecule has 0 radical (unpaired) electrons. The predicted octanol–water partition coefficient (Wildman–Crippen LogP) is 13.0. The van der Waals surface area contributed by atoms with Crippen LogP contribution in [0.1, 0.15) is 160 Å². The lowest BCUT2D eigenvalue weighted by Crippen LogP contribution is -2.00. The summed E-state index contributed by atoms with van der Waals surface area (Å²) in [6.07, 6.45) is 21.8. The molecular formula is C46H64N2. The molecule has 0 aliphatic rings. The van der Waals surface area contributed by atoms with Gasteiger partial charge in [-0.25, -0.2) is 0 Å². The standard InChI is InChI=1S/C46H64N2/c1-35-33-43(47)29-31-45(35)37(3)41-25-21-39(22-26-41)19-17-15-13-11-9-7-5-6-8-10-12-14-16-18-20-40-23-27-42(28-24-40)38(4)46-32-30-44(48)34-36(46)2/h21-34,37-38H,5-20,47-48H2,1-4H3. The van der Waals surface area contributed by atoms with E-state index in [0.29, 0.717) is 11.8 Å². The SMILES string of the molecule is Cc1cc(N)ccc1C(C)c1ccc(CCCCCCCCCCCCCCCCc2ccc(C(C)c3ccc(N)cc3C)cc2)cc1. The highest BCUT2D eigenvalue weighted by Crippen LogP contribution is 2.30. The summed E-state index contributed by atoms with van der Waals surface area (Å²) in [4.78, 5) is 0. The highest BCUT2D eigenvalue weighted by atomic mass is 14.5. The fraction of sp³-hybridized carbons (Fsp3) is 0.478. The fourth-order valence-corrected chi connectivity index (χ4v) is 7.45. The van der Waals surface area contributed by atoms with Crippen LogP contribution >= 0.6 is 0 Å². The molecule has 2 unspecified atom stereocenters. The van der Waals surface area contributed by atoms with Crippen LogP contribution in [0, 0.1) is 13.8 Å². The lowest BCUT2D eigenvalue weighted by Gasteiger charge is -2.16. The first-order valence-corrected chi connectivity index (χ1v) is 19.2. The van der Waals surface area contributed by atoms with Gasteiger partial charge in [-0.2, -0.15) is 0 Å². The molecule has 0 aliphatic heterocycles. The van der Waals surface area contributed by atoms with Crippen molar-refractivity contribution >= 4 is 11.4 Å². The number of unbranched alkanes of at least 4 members (excludes halogenated alkanes) is 13. The minimum absolute atomic E-state index is 0.395. The lowest BCUT2D eigenvalue weighted by molar-refractivity contribution is 0.533. The molecule has 4 N–H and O–H groups in total. The van der Waals surface area contributed by atoms with Gasteiger partial charge >= 0.3 is 0 Å². The molecule has 2 atom stereocenters. The maximum atomic E-state index is 5.95. The molecule has 0 saturated heterocycles. The van der Waals surface area contributed by atoms with Gasteiger partial charge in [0, 0.05) is 23.2 Å². The summed E-state index contributed by atoms with van der Waals surface area (Å²) in [5.74, 6) is 0.790. The summed E-state index contributed by atoms with van der Waals surface area (Å²) in [6.45, 7) is 8.91. The van der Waals surface area contributed by atoms with Gasteiger partial charge in [0.05, 0.1) is 0 Å². The number of nitrogen functional groups attached to an aromatic ring is 2. The summed E-state index contributed by atoms with van der Waals surface area (Å²) < 4.78 is 0. The number of anilines is 2. The van der Waals surface area contributed by atoms with E-state index in [1.807, 2.05) is 12.1 Å². The number of nitrogens with two attached hydrogens (primary N) is 2. The Morgan fingerprint density at radius 1 is 0.396 bits per heavy atom. The zero-order valence-corrected chi connectivity index (χ0v) is 30.7. The molecule has 2 heteroatoms. The molecule has 4 aromatic rings. The second kappa shape index (κ2) is 20.1. The summed E-state index contributed by atoms with van der Waals surface area (Å²) in [7, 11) is 0. The van der Waals surface area contributed by atoms with Crippen molar-refractivity contribution in [2.75, 3.05) is 11.5 Å². The normalized spacial score (nSPS) is 12.7. The first-order chi connectivity index (χ1) is 23.3. The first-order valence-electron chi connectivity index (χ1n) is 19.2. The van der Waals surface area contributed by atoms with E-state index in [4.69, 9.17) is 11.5 Å². The summed E-state index contributed by atoms with van der Waals surface area (Å²) in [5, 5.41) is 0. The molecule has 0 fully saturated rings. The van der Waals surface area contributed by atoms with Crippen LogP contribution in [0.4, 0.5) is 11.4 Å². The van der Waals surface area contributed by atoms with Crippen molar-refractivity contribution in [2.45, 2.75) is 142 Å². The molecule has 0 saturated carbocycles. The van der Waals surface area contributed by atoms with Gasteiger partial charge in [-0.05, 0) is 108 Å². The monoisotopic (exact) mass is 645 g/mol. The number of rotatable bonds is 21. The topological polar surface area (TPSA) is 52.0 Å². The molecule has 0 aromatic heterocycles. The maximum Gasteiger partial charge on any atom is 0.0316 e. The van der Waals surface area contributed by atoms with Crippen LogP contribution in [0.25, 0.3) is 0 Å². The van der Waals surface area contributed by atoms with Gasteiger partial charge in [-0.1, -0.05) is 152 Å². The van der Waals surface area contributed by atoms with Gasteiger partial charge in [0.2, 0.25) is 0 Å². The average Bonchev–Trinajstić information content (AvgIpc) is 3.08. The van der Waals surface area contributed by atoms with Crippen molar-refractivity contribution in [3.63, 3.8) is 0 Å². The van der Waals surface area contributed by atoms with Crippen molar-refractivity contribution in [2.24, 2.45) is 0 Å². The smallest absolute Gasteiger partial charge is 0.0316 e. The van der Waals surface area contributed by atoms with Gasteiger partial charge in [-0.15, -0.1) is 0 Å². The van der Waals surface area contributed by atoms with Crippen molar-refractivity contribution in [3.8, 4) is 0 Å². The van der Waals surface area contributed by atoms with Crippen LogP contribution < -0.4 is 11.5 Å². The quantitative estimate of drug-likeness (QED) is 0.0700. The second-order valence-corrected chi connectivity index (χ2v) is 14.6. The third kappa shape index (κ3) is 12.2. The third-order valence-electron chi connectivity index (χ3n) is 10.7. The van der Waals surface area contributed by atoms with Crippen molar-refractivity contribution in [1.82, 2.24) is 0 Å². The number of hydrogen-bond acceptors (Lipinski definition) is 2. The number of hydrogen-bond donors (Lipinski definition) is 2. The van der Waals surface area contributed by atoms with Gasteiger partial charge in [0.1, 0.15) is 0 Å². The Kier molecular flexibility index (Phi) is 15.6. The van der Waals surface area contributed by atoms with Crippen LogP contribution in [0.15, 0.2) is 84.9 Å². The first kappa shape index (κ1) is 37.3. The van der Waals surface area contributed by atoms with E-state index in [9.17, 15) is 0 Å². The van der Waals surface area contributed by atoms with E-state index >= 15 is 0 Å². The van der Waals surface area contributed by atoms with Gasteiger partial charge in [-0.3, -0.25) is 0 Å². The number of aryl methyl sites for hydroxylation is 4. The zero-order chi connectivity index (χ0) is 34.1. The molecule has 4 rings (SSSR count). The zero-order valence-electron chi connectivity index (χ0n) is 30.7. The largest absolute Gasteiger partial charge is 0.399 e. The molecule has 48 heavy (non-hydrogen) atoms. The molecular weight excluding hydrogens is 581 g/mol. The van der Waals surface area contributed by atoms with Crippen molar-refractivity contribution < 1.29 is 0 Å². The molecule has 0 heterocycles. The number of benzene rings is 4. The molecule has 0 spiro atoms. The summed E-state index contributed by atoms with van der Waals surface area (Å²) in [5.41, 5.74) is 24.6. The maximum absolute atomic E-state index is 5.95. The van der Waals surface area contributed by atoms with E-state index in [1.165, 1.54) is 147 Å². The average molecular weight is 645 g/mol. The summed E-state index contributed by atoms with van der Waals surface area (Å²) >= 11 is 0. The summed E-state index contributed by atoms with van der Waals surface area (Å²) in [6, 6.07) is 31.2. The van der Waals surface area contributed by atoms with Crippen LogP contribution in [0.2, 0.25) is 0 Å². The van der Waals surface area contributed by atoms with Crippen LogP contribution in [-0.4, -0.2) is 0 Å².